The summed E-state index contributed by atoms with van der Waals surface area (Å²) in [6.45, 7) is 4.33. The average molecular weight is 381 g/mol. The first-order valence-corrected chi connectivity index (χ1v) is 10.3. The lowest BCUT2D eigenvalue weighted by Gasteiger charge is -2.34. The Balaban J connectivity index is 1.23. The Kier molecular flexibility index (Phi) is 4.31. The highest BCUT2D eigenvalue weighted by atomic mass is 16.7. The minimum atomic E-state index is -0.485. The number of ether oxygens (including phenoxy) is 2. The number of rotatable bonds is 3. The van der Waals surface area contributed by atoms with Gasteiger partial charge >= 0.3 is 0 Å². The molecule has 1 aromatic heterocycles. The van der Waals surface area contributed by atoms with Crippen molar-refractivity contribution in [2.45, 2.75) is 57.4 Å². The number of aromatic nitrogens is 1. The Morgan fingerprint density at radius 2 is 1.96 bits per heavy atom. The molecule has 2 aliphatic heterocycles. The first-order valence-electron chi connectivity index (χ1n) is 10.3. The van der Waals surface area contributed by atoms with Gasteiger partial charge in [-0.2, -0.15) is 0 Å². The zero-order valence-electron chi connectivity index (χ0n) is 16.3. The zero-order valence-corrected chi connectivity index (χ0v) is 16.3. The highest BCUT2D eigenvalue weighted by molar-refractivity contribution is 5.92. The lowest BCUT2D eigenvalue weighted by atomic mass is 9.94. The van der Waals surface area contributed by atoms with Crippen LogP contribution in [0.25, 0.3) is 0 Å². The Bertz CT molecular complexity index is 885. The van der Waals surface area contributed by atoms with E-state index in [4.69, 9.17) is 9.47 Å². The van der Waals surface area contributed by atoms with Crippen molar-refractivity contribution >= 4 is 11.6 Å². The first-order chi connectivity index (χ1) is 13.6. The zero-order chi connectivity index (χ0) is 19.1. The van der Waals surface area contributed by atoms with E-state index in [-0.39, 0.29) is 11.9 Å². The van der Waals surface area contributed by atoms with E-state index >= 15 is 0 Å². The molecule has 0 saturated heterocycles. The van der Waals surface area contributed by atoms with Crippen LogP contribution < -0.4 is 14.8 Å². The van der Waals surface area contributed by atoms with Crippen molar-refractivity contribution in [3.05, 3.63) is 42.2 Å². The van der Waals surface area contributed by atoms with Crippen LogP contribution in [0.2, 0.25) is 0 Å². The number of hydrogen-bond acceptors (Lipinski definition) is 4. The maximum absolute atomic E-state index is 12.6. The maximum atomic E-state index is 12.6. The fraction of sp³-hybridized carbons (Fsp3) is 0.500. The van der Waals surface area contributed by atoms with Gasteiger partial charge in [-0.25, -0.2) is 0 Å². The molecule has 148 valence electrons. The molecule has 1 fully saturated rings. The van der Waals surface area contributed by atoms with Crippen LogP contribution in [-0.4, -0.2) is 34.3 Å². The molecule has 5 rings (SSSR count). The molecule has 1 amide bonds. The van der Waals surface area contributed by atoms with Crippen LogP contribution >= 0.6 is 0 Å². The van der Waals surface area contributed by atoms with Crippen LogP contribution in [0.1, 0.15) is 50.8 Å². The standard InChI is InChI=1S/C22H27N3O3/c1-16-18-6-5-11-24(18)12-13-25(16)15-21(26)23-17-7-8-19-20(14-17)28-22(27-19)9-3-2-4-10-22/h5-8,11,14,16H,2-4,9-10,12-13,15H2,1H3,(H,23,26)/t16-/m0/s1. The monoisotopic (exact) mass is 381 g/mol. The fourth-order valence-corrected chi connectivity index (χ4v) is 4.69. The molecule has 0 bridgehead atoms. The number of nitrogens with one attached hydrogen (secondary N) is 1. The lowest BCUT2D eigenvalue weighted by Crippen LogP contribution is -2.41. The SMILES string of the molecule is C[C@H]1c2cccn2CCN1CC(=O)Nc1ccc2c(c1)OC1(CCCCC1)O2. The molecular weight excluding hydrogens is 354 g/mol. The molecule has 1 aromatic carbocycles. The van der Waals surface area contributed by atoms with Gasteiger partial charge < -0.3 is 19.4 Å². The summed E-state index contributed by atoms with van der Waals surface area (Å²) in [4.78, 5) is 14.9. The van der Waals surface area contributed by atoms with Crippen molar-refractivity contribution in [2.24, 2.45) is 0 Å². The third-order valence-corrected chi connectivity index (χ3v) is 6.25. The maximum Gasteiger partial charge on any atom is 0.251 e. The summed E-state index contributed by atoms with van der Waals surface area (Å²) in [6.07, 6.45) is 7.47. The van der Waals surface area contributed by atoms with E-state index in [2.05, 4.69) is 40.0 Å². The number of carbonyl (C=O) groups excluding carboxylic acids is 1. The van der Waals surface area contributed by atoms with Gasteiger partial charge in [0.15, 0.2) is 11.5 Å². The molecule has 0 radical (unpaired) electrons. The molecule has 1 spiro atoms. The van der Waals surface area contributed by atoms with Crippen LogP contribution in [0.15, 0.2) is 36.5 Å². The third kappa shape index (κ3) is 3.15. The summed E-state index contributed by atoms with van der Waals surface area (Å²) < 4.78 is 14.5. The highest BCUT2D eigenvalue weighted by Gasteiger charge is 2.42. The summed E-state index contributed by atoms with van der Waals surface area (Å²) >= 11 is 0. The van der Waals surface area contributed by atoms with Gasteiger partial charge in [-0.05, 0) is 44.0 Å². The quantitative estimate of drug-likeness (QED) is 0.875. The van der Waals surface area contributed by atoms with Gasteiger partial charge in [0.2, 0.25) is 5.91 Å². The van der Waals surface area contributed by atoms with E-state index in [0.29, 0.717) is 6.54 Å². The molecule has 3 heterocycles. The smallest absolute Gasteiger partial charge is 0.251 e. The van der Waals surface area contributed by atoms with E-state index in [9.17, 15) is 4.79 Å². The van der Waals surface area contributed by atoms with Crippen LogP contribution in [-0.2, 0) is 11.3 Å². The number of fused-ring (bicyclic) bond motifs is 2. The number of hydrogen-bond donors (Lipinski definition) is 1. The molecule has 1 N–H and O–H groups in total. The first kappa shape index (κ1) is 17.6. The normalized spacial score (nSPS) is 22.8. The molecule has 0 unspecified atom stereocenters. The molecule has 3 aliphatic rings. The van der Waals surface area contributed by atoms with Gasteiger partial charge in [-0.3, -0.25) is 9.69 Å². The van der Waals surface area contributed by atoms with Crippen molar-refractivity contribution in [1.29, 1.82) is 0 Å². The molecule has 28 heavy (non-hydrogen) atoms. The van der Waals surface area contributed by atoms with Crippen LogP contribution in [0.5, 0.6) is 11.5 Å². The van der Waals surface area contributed by atoms with Crippen LogP contribution in [0, 0.1) is 0 Å². The largest absolute Gasteiger partial charge is 0.448 e. The summed E-state index contributed by atoms with van der Waals surface area (Å²) in [5.74, 6) is 1.04. The lowest BCUT2D eigenvalue weighted by molar-refractivity contribution is -0.118. The third-order valence-electron chi connectivity index (χ3n) is 6.25. The van der Waals surface area contributed by atoms with Gasteiger partial charge in [0.25, 0.3) is 5.79 Å². The van der Waals surface area contributed by atoms with E-state index in [0.717, 1.165) is 56.0 Å². The Labute approximate surface area is 165 Å². The summed E-state index contributed by atoms with van der Waals surface area (Å²) in [6, 6.07) is 10.1. The van der Waals surface area contributed by atoms with Gasteiger partial charge in [-0.1, -0.05) is 6.42 Å². The predicted octanol–water partition coefficient (Wildman–Crippen LogP) is 3.94. The van der Waals surface area contributed by atoms with Crippen molar-refractivity contribution < 1.29 is 14.3 Å². The van der Waals surface area contributed by atoms with Gasteiger partial charge in [0, 0.05) is 55.6 Å². The van der Waals surface area contributed by atoms with E-state index in [1.165, 1.54) is 12.1 Å². The van der Waals surface area contributed by atoms with Crippen molar-refractivity contribution in [3.8, 4) is 11.5 Å². The van der Waals surface area contributed by atoms with Crippen molar-refractivity contribution in [2.75, 3.05) is 18.4 Å². The molecule has 6 nitrogen and oxygen atoms in total. The topological polar surface area (TPSA) is 55.7 Å². The predicted molar refractivity (Wildman–Crippen MR) is 107 cm³/mol. The summed E-state index contributed by atoms with van der Waals surface area (Å²) in [7, 11) is 0. The minimum Gasteiger partial charge on any atom is -0.448 e. The Morgan fingerprint density at radius 3 is 2.82 bits per heavy atom. The molecule has 1 saturated carbocycles. The van der Waals surface area contributed by atoms with E-state index in [1.54, 1.807) is 0 Å². The molecule has 1 atom stereocenters. The van der Waals surface area contributed by atoms with E-state index in [1.807, 2.05) is 18.2 Å². The number of nitrogens with zero attached hydrogens (tertiary/aromatic N) is 2. The molecular formula is C22H27N3O3. The van der Waals surface area contributed by atoms with Gasteiger partial charge in [0.1, 0.15) is 0 Å². The molecule has 2 aromatic rings. The molecule has 1 aliphatic carbocycles. The number of carbonyl (C=O) groups is 1. The molecule has 6 heteroatoms. The second kappa shape index (κ2) is 6.85. The number of anilines is 1. The number of amides is 1. The van der Waals surface area contributed by atoms with Gasteiger partial charge in [-0.15, -0.1) is 0 Å². The van der Waals surface area contributed by atoms with Crippen molar-refractivity contribution in [1.82, 2.24) is 9.47 Å². The summed E-state index contributed by atoms with van der Waals surface area (Å²) in [5, 5.41) is 3.03. The van der Waals surface area contributed by atoms with Crippen molar-refractivity contribution in [3.63, 3.8) is 0 Å². The Hall–Kier alpha value is -2.47. The minimum absolute atomic E-state index is 0.00176. The highest BCUT2D eigenvalue weighted by Crippen LogP contribution is 2.46. The van der Waals surface area contributed by atoms with Crippen LogP contribution in [0.4, 0.5) is 5.69 Å². The van der Waals surface area contributed by atoms with Gasteiger partial charge in [0.05, 0.1) is 6.54 Å². The number of benzene rings is 1. The summed E-state index contributed by atoms with van der Waals surface area (Å²) in [5.41, 5.74) is 2.02. The fourth-order valence-electron chi connectivity index (χ4n) is 4.69. The second-order valence-electron chi connectivity index (χ2n) is 8.16. The van der Waals surface area contributed by atoms with Crippen LogP contribution in [0.3, 0.4) is 0 Å². The average Bonchev–Trinajstić information content (AvgIpc) is 3.29. The second-order valence-corrected chi connectivity index (χ2v) is 8.16. The Morgan fingerprint density at radius 1 is 1.14 bits per heavy atom. The van der Waals surface area contributed by atoms with E-state index < -0.39 is 5.79 Å².